The Hall–Kier alpha value is -3.74. The van der Waals surface area contributed by atoms with Crippen LogP contribution in [0.1, 0.15) is 23.2 Å². The minimum Gasteiger partial charge on any atom is -0.486 e. The zero-order valence-corrected chi connectivity index (χ0v) is 18.2. The number of hydrazine groups is 1. The number of fused-ring (bicyclic) bond motifs is 2. The molecular formula is C21H22F3N7O3. The third kappa shape index (κ3) is 4.25. The molecule has 1 aromatic carbocycles. The standard InChI is InChI=1S/C21H22F3N7O3/c1-25-17-10-16(27-14-8-12(22)9-15-18(14)34-7-6-33-15)28-19-13(11-26-31(17)19)20(32)29-30-4-2-21(23,24)3-5-30/h8-11,25H,2-7H2,1H3,(H,27,28)(H,29,32). The lowest BCUT2D eigenvalue weighted by atomic mass is 10.1. The Balaban J connectivity index is 1.44. The number of carbonyl (C=O) groups is 1. The van der Waals surface area contributed by atoms with E-state index in [0.717, 1.165) is 0 Å². The van der Waals surface area contributed by atoms with Crippen molar-refractivity contribution in [3.63, 3.8) is 0 Å². The van der Waals surface area contributed by atoms with Gasteiger partial charge in [-0.25, -0.2) is 23.2 Å². The van der Waals surface area contributed by atoms with E-state index in [9.17, 15) is 18.0 Å². The molecule has 0 atom stereocenters. The van der Waals surface area contributed by atoms with Crippen molar-refractivity contribution in [1.29, 1.82) is 0 Å². The highest BCUT2D eigenvalue weighted by atomic mass is 19.3. The van der Waals surface area contributed by atoms with E-state index >= 15 is 0 Å². The van der Waals surface area contributed by atoms with Crippen LogP contribution in [-0.4, -0.2) is 64.8 Å². The largest absolute Gasteiger partial charge is 0.486 e. The second-order valence-corrected chi connectivity index (χ2v) is 7.96. The summed E-state index contributed by atoms with van der Waals surface area (Å²) in [6.45, 7) is 0.698. The number of anilines is 3. The number of piperidine rings is 1. The van der Waals surface area contributed by atoms with E-state index in [1.165, 1.54) is 27.9 Å². The number of hydrogen-bond acceptors (Lipinski definition) is 8. The summed E-state index contributed by atoms with van der Waals surface area (Å²) in [5.41, 5.74) is 3.33. The average molecular weight is 477 g/mol. The van der Waals surface area contributed by atoms with Crippen LogP contribution in [0, 0.1) is 5.82 Å². The number of rotatable bonds is 5. The molecule has 1 amide bonds. The number of ether oxygens (including phenoxy) is 2. The van der Waals surface area contributed by atoms with Crippen molar-refractivity contribution in [2.45, 2.75) is 18.8 Å². The molecule has 0 spiro atoms. The number of benzene rings is 1. The van der Waals surface area contributed by atoms with Gasteiger partial charge >= 0.3 is 0 Å². The first-order chi connectivity index (χ1) is 16.3. The highest BCUT2D eigenvalue weighted by molar-refractivity contribution is 5.99. The minimum atomic E-state index is -2.72. The number of halogens is 3. The summed E-state index contributed by atoms with van der Waals surface area (Å²) in [6.07, 6.45) is 0.686. The van der Waals surface area contributed by atoms with Crippen LogP contribution in [0.2, 0.25) is 0 Å². The fourth-order valence-corrected chi connectivity index (χ4v) is 3.87. The summed E-state index contributed by atoms with van der Waals surface area (Å²) in [6, 6.07) is 4.13. The smallest absolute Gasteiger partial charge is 0.271 e. The summed E-state index contributed by atoms with van der Waals surface area (Å²) >= 11 is 0. The molecule has 4 heterocycles. The maximum absolute atomic E-state index is 14.1. The molecule has 3 N–H and O–H groups in total. The Kier molecular flexibility index (Phi) is 5.55. The Morgan fingerprint density at radius 1 is 1.15 bits per heavy atom. The van der Waals surface area contributed by atoms with E-state index in [-0.39, 0.29) is 42.9 Å². The Morgan fingerprint density at radius 3 is 2.68 bits per heavy atom. The lowest BCUT2D eigenvalue weighted by Crippen LogP contribution is -2.49. The van der Waals surface area contributed by atoms with E-state index in [1.807, 2.05) is 0 Å². The molecule has 3 aromatic rings. The highest BCUT2D eigenvalue weighted by Crippen LogP contribution is 2.40. The number of nitrogens with zero attached hydrogens (tertiary/aromatic N) is 4. The van der Waals surface area contributed by atoms with Crippen molar-refractivity contribution >= 4 is 28.9 Å². The topological polar surface area (TPSA) is 105 Å². The Labute approximate surface area is 192 Å². The van der Waals surface area contributed by atoms with Crippen LogP contribution in [0.5, 0.6) is 11.5 Å². The third-order valence-electron chi connectivity index (χ3n) is 5.60. The van der Waals surface area contributed by atoms with Gasteiger partial charge in [-0.15, -0.1) is 0 Å². The van der Waals surface area contributed by atoms with Crippen LogP contribution in [0.4, 0.5) is 30.5 Å². The molecule has 0 unspecified atom stereocenters. The van der Waals surface area contributed by atoms with Gasteiger partial charge in [0.15, 0.2) is 17.1 Å². The maximum atomic E-state index is 14.1. The first kappa shape index (κ1) is 22.1. The Bertz CT molecular complexity index is 1240. The maximum Gasteiger partial charge on any atom is 0.271 e. The van der Waals surface area contributed by atoms with Gasteiger partial charge in [-0.1, -0.05) is 0 Å². The number of amides is 1. The molecule has 10 nitrogen and oxygen atoms in total. The third-order valence-corrected chi connectivity index (χ3v) is 5.60. The van der Waals surface area contributed by atoms with Crippen molar-refractivity contribution < 1.29 is 27.4 Å². The van der Waals surface area contributed by atoms with Gasteiger partial charge in [0.1, 0.15) is 36.2 Å². The minimum absolute atomic E-state index is 0.0344. The monoisotopic (exact) mass is 477 g/mol. The van der Waals surface area contributed by atoms with Crippen LogP contribution in [0.3, 0.4) is 0 Å². The molecule has 180 valence electrons. The van der Waals surface area contributed by atoms with E-state index in [2.05, 4.69) is 26.1 Å². The number of nitrogens with one attached hydrogen (secondary N) is 3. The van der Waals surface area contributed by atoms with E-state index in [0.29, 0.717) is 36.3 Å². The molecule has 0 radical (unpaired) electrons. The van der Waals surface area contributed by atoms with Crippen LogP contribution < -0.4 is 25.5 Å². The van der Waals surface area contributed by atoms with Gasteiger partial charge in [0.05, 0.1) is 11.9 Å². The van der Waals surface area contributed by atoms with Crippen molar-refractivity contribution in [2.75, 3.05) is 44.0 Å². The quantitative estimate of drug-likeness (QED) is 0.516. The molecule has 0 saturated carbocycles. The summed E-state index contributed by atoms with van der Waals surface area (Å²) in [7, 11) is 1.68. The summed E-state index contributed by atoms with van der Waals surface area (Å²) in [5, 5.41) is 11.7. The summed E-state index contributed by atoms with van der Waals surface area (Å²) < 4.78 is 53.5. The molecule has 0 aliphatic carbocycles. The van der Waals surface area contributed by atoms with Crippen LogP contribution in [0.25, 0.3) is 5.65 Å². The van der Waals surface area contributed by atoms with Crippen molar-refractivity contribution in [2.24, 2.45) is 0 Å². The SMILES string of the molecule is CNc1cc(Nc2cc(F)cc3c2OCCO3)nc2c(C(=O)NN3CCC(F)(F)CC3)cnn12. The van der Waals surface area contributed by atoms with Crippen LogP contribution >= 0.6 is 0 Å². The fourth-order valence-electron chi connectivity index (χ4n) is 3.87. The van der Waals surface area contributed by atoms with Gasteiger partial charge in [-0.05, 0) is 0 Å². The predicted molar refractivity (Wildman–Crippen MR) is 116 cm³/mol. The van der Waals surface area contributed by atoms with Gasteiger partial charge in [0, 0.05) is 51.2 Å². The highest BCUT2D eigenvalue weighted by Gasteiger charge is 2.34. The van der Waals surface area contributed by atoms with E-state index < -0.39 is 17.6 Å². The summed E-state index contributed by atoms with van der Waals surface area (Å²) in [5.74, 6) is -2.32. The number of carbonyl (C=O) groups excluding carboxylic acids is 1. The van der Waals surface area contributed by atoms with Gasteiger partial charge in [0.2, 0.25) is 0 Å². The Morgan fingerprint density at radius 2 is 1.91 bits per heavy atom. The number of aromatic nitrogens is 3. The fraction of sp³-hybridized carbons (Fsp3) is 0.381. The zero-order valence-electron chi connectivity index (χ0n) is 18.2. The van der Waals surface area contributed by atoms with Crippen LogP contribution in [-0.2, 0) is 0 Å². The number of alkyl halides is 2. The number of hydrogen-bond donors (Lipinski definition) is 3. The lowest BCUT2D eigenvalue weighted by molar-refractivity contribution is -0.0631. The van der Waals surface area contributed by atoms with Crippen molar-refractivity contribution in [3.05, 3.63) is 35.8 Å². The molecule has 2 aromatic heterocycles. The van der Waals surface area contributed by atoms with E-state index in [4.69, 9.17) is 9.47 Å². The first-order valence-electron chi connectivity index (χ1n) is 10.7. The lowest BCUT2D eigenvalue weighted by Gasteiger charge is -2.31. The predicted octanol–water partition coefficient (Wildman–Crippen LogP) is 2.80. The molecule has 1 fully saturated rings. The van der Waals surface area contributed by atoms with Crippen molar-refractivity contribution in [1.82, 2.24) is 25.0 Å². The van der Waals surface area contributed by atoms with Crippen molar-refractivity contribution in [3.8, 4) is 11.5 Å². The van der Waals surface area contributed by atoms with Crippen LogP contribution in [0.15, 0.2) is 24.4 Å². The van der Waals surface area contributed by atoms with Gasteiger partial charge < -0.3 is 20.1 Å². The molecular weight excluding hydrogens is 455 g/mol. The molecule has 1 saturated heterocycles. The zero-order chi connectivity index (χ0) is 23.9. The molecule has 2 aliphatic rings. The van der Waals surface area contributed by atoms with E-state index in [1.54, 1.807) is 13.1 Å². The summed E-state index contributed by atoms with van der Waals surface area (Å²) in [4.78, 5) is 17.4. The molecule has 5 rings (SSSR count). The second-order valence-electron chi connectivity index (χ2n) is 7.96. The normalized spacial score (nSPS) is 17.4. The van der Waals surface area contributed by atoms with Gasteiger partial charge in [-0.2, -0.15) is 9.61 Å². The van der Waals surface area contributed by atoms with Gasteiger partial charge in [-0.3, -0.25) is 10.2 Å². The molecule has 34 heavy (non-hydrogen) atoms. The molecule has 2 aliphatic heterocycles. The molecule has 13 heteroatoms. The average Bonchev–Trinajstić information content (AvgIpc) is 3.24. The second kappa shape index (κ2) is 8.56. The molecule has 0 bridgehead atoms. The van der Waals surface area contributed by atoms with Gasteiger partial charge in [0.25, 0.3) is 11.8 Å². The first-order valence-corrected chi connectivity index (χ1v) is 10.7.